The van der Waals surface area contributed by atoms with Crippen LogP contribution >= 0.6 is 0 Å². The molecule has 0 aromatic carbocycles. The molecule has 3 heterocycles. The SMILES string of the molecule is C=CCNC(=O)C(=O)[C@@H]1CCCCCCCCC[C@H](NC(=O)[C@@H](NC(=O)c2cnccn2)C2CCCCC2)C(=O)N2CC[C@H](C)[C@H]2C(=O)N1. The molecule has 3 fully saturated rings. The van der Waals surface area contributed by atoms with E-state index in [1.54, 1.807) is 0 Å². The van der Waals surface area contributed by atoms with Crippen molar-refractivity contribution in [3.63, 3.8) is 0 Å². The fourth-order valence-corrected chi connectivity index (χ4v) is 7.33. The molecular weight excluding hydrogens is 626 g/mol. The van der Waals surface area contributed by atoms with Gasteiger partial charge in [-0.15, -0.1) is 6.58 Å². The molecule has 0 bridgehead atoms. The molecule has 13 nitrogen and oxygen atoms in total. The first-order valence-electron chi connectivity index (χ1n) is 18.1. The molecule has 2 saturated heterocycles. The van der Waals surface area contributed by atoms with Gasteiger partial charge in [-0.2, -0.15) is 0 Å². The quantitative estimate of drug-likeness (QED) is 0.227. The van der Waals surface area contributed by atoms with Crippen LogP contribution < -0.4 is 21.3 Å². The molecule has 268 valence electrons. The average Bonchev–Trinajstić information content (AvgIpc) is 3.51. The van der Waals surface area contributed by atoms with Gasteiger partial charge in [0, 0.05) is 25.5 Å². The van der Waals surface area contributed by atoms with Gasteiger partial charge in [-0.3, -0.25) is 33.8 Å². The first-order chi connectivity index (χ1) is 23.7. The summed E-state index contributed by atoms with van der Waals surface area (Å²) in [4.78, 5) is 90.7. The van der Waals surface area contributed by atoms with Crippen LogP contribution in [0.2, 0.25) is 0 Å². The van der Waals surface area contributed by atoms with Crippen molar-refractivity contribution in [3.8, 4) is 0 Å². The van der Waals surface area contributed by atoms with Crippen LogP contribution in [0.1, 0.15) is 114 Å². The number of nitrogens with one attached hydrogen (secondary N) is 4. The number of rotatable bonds is 9. The summed E-state index contributed by atoms with van der Waals surface area (Å²) in [5.74, 6) is -3.58. The zero-order chi connectivity index (χ0) is 35.2. The third-order valence-corrected chi connectivity index (χ3v) is 10.1. The highest BCUT2D eigenvalue weighted by Crippen LogP contribution is 2.29. The van der Waals surface area contributed by atoms with Crippen molar-refractivity contribution in [1.82, 2.24) is 36.1 Å². The normalized spacial score (nSPS) is 25.3. The maximum atomic E-state index is 14.3. The summed E-state index contributed by atoms with van der Waals surface area (Å²) < 4.78 is 0. The topological polar surface area (TPSA) is 180 Å². The van der Waals surface area contributed by atoms with Gasteiger partial charge < -0.3 is 26.2 Å². The lowest BCUT2D eigenvalue weighted by Crippen LogP contribution is -2.59. The molecule has 0 radical (unpaired) electrons. The lowest BCUT2D eigenvalue weighted by molar-refractivity contribution is -0.144. The number of aromatic nitrogens is 2. The Kier molecular flexibility index (Phi) is 14.7. The molecule has 1 aromatic rings. The molecular formula is C36H53N7O6. The van der Waals surface area contributed by atoms with E-state index in [0.717, 1.165) is 64.2 Å². The second kappa shape index (κ2) is 19.1. The average molecular weight is 680 g/mol. The fourth-order valence-electron chi connectivity index (χ4n) is 7.33. The number of ketones is 1. The Morgan fingerprint density at radius 2 is 1.59 bits per heavy atom. The highest BCUT2D eigenvalue weighted by Gasteiger charge is 2.44. The van der Waals surface area contributed by atoms with Gasteiger partial charge in [-0.05, 0) is 43.9 Å². The predicted octanol–water partition coefficient (Wildman–Crippen LogP) is 2.76. The zero-order valence-corrected chi connectivity index (χ0v) is 28.8. The Balaban J connectivity index is 1.56. The van der Waals surface area contributed by atoms with Crippen molar-refractivity contribution in [2.24, 2.45) is 11.8 Å². The summed E-state index contributed by atoms with van der Waals surface area (Å²) in [7, 11) is 0. The van der Waals surface area contributed by atoms with Gasteiger partial charge in [0.25, 0.3) is 11.8 Å². The first kappa shape index (κ1) is 37.7. The Labute approximate surface area is 289 Å². The van der Waals surface area contributed by atoms with Gasteiger partial charge in [0.2, 0.25) is 23.5 Å². The Morgan fingerprint density at radius 1 is 0.939 bits per heavy atom. The maximum Gasteiger partial charge on any atom is 0.289 e. The number of hydrogen-bond acceptors (Lipinski definition) is 8. The number of fused-ring (bicyclic) bond motifs is 1. The van der Waals surface area contributed by atoms with Crippen molar-refractivity contribution in [1.29, 1.82) is 0 Å². The summed E-state index contributed by atoms with van der Waals surface area (Å²) in [6.07, 6.45) is 17.5. The minimum Gasteiger partial charge on any atom is -0.346 e. The van der Waals surface area contributed by atoms with Gasteiger partial charge in [-0.1, -0.05) is 77.2 Å². The van der Waals surface area contributed by atoms with E-state index in [-0.39, 0.29) is 30.0 Å². The predicted molar refractivity (Wildman–Crippen MR) is 183 cm³/mol. The number of carbonyl (C=O) groups is 6. The molecule has 5 atom stereocenters. The molecule has 0 spiro atoms. The van der Waals surface area contributed by atoms with E-state index in [1.807, 2.05) is 6.92 Å². The van der Waals surface area contributed by atoms with Crippen LogP contribution in [0.5, 0.6) is 0 Å². The summed E-state index contributed by atoms with van der Waals surface area (Å²) in [5, 5.41) is 11.2. The molecule has 5 amide bonds. The van der Waals surface area contributed by atoms with E-state index in [2.05, 4.69) is 37.8 Å². The molecule has 13 heteroatoms. The third kappa shape index (κ3) is 10.7. The molecule has 49 heavy (non-hydrogen) atoms. The van der Waals surface area contributed by atoms with Gasteiger partial charge in [0.05, 0.1) is 12.2 Å². The zero-order valence-electron chi connectivity index (χ0n) is 28.8. The van der Waals surface area contributed by atoms with Gasteiger partial charge in [0.1, 0.15) is 23.8 Å². The van der Waals surface area contributed by atoms with Crippen LogP contribution in [0, 0.1) is 11.8 Å². The molecule has 1 saturated carbocycles. The van der Waals surface area contributed by atoms with E-state index in [1.165, 1.54) is 29.6 Å². The second-order valence-corrected chi connectivity index (χ2v) is 13.7. The largest absolute Gasteiger partial charge is 0.346 e. The summed E-state index contributed by atoms with van der Waals surface area (Å²) in [5.41, 5.74) is 0.103. The molecule has 4 N–H and O–H groups in total. The van der Waals surface area contributed by atoms with Crippen LogP contribution in [-0.4, -0.2) is 87.4 Å². The first-order valence-corrected chi connectivity index (χ1v) is 18.1. The van der Waals surface area contributed by atoms with Crippen LogP contribution in [-0.2, 0) is 24.0 Å². The summed E-state index contributed by atoms with van der Waals surface area (Å²) in [6, 6.07) is -3.64. The lowest BCUT2D eigenvalue weighted by atomic mass is 9.83. The van der Waals surface area contributed by atoms with E-state index in [9.17, 15) is 28.8 Å². The smallest absolute Gasteiger partial charge is 0.289 e. The van der Waals surface area contributed by atoms with Crippen LogP contribution in [0.25, 0.3) is 0 Å². The van der Waals surface area contributed by atoms with Gasteiger partial charge >= 0.3 is 0 Å². The third-order valence-electron chi connectivity index (χ3n) is 10.1. The number of Topliss-reactive ketones (excluding diaryl/α,β-unsaturated/α-hetero) is 1. The highest BCUT2D eigenvalue weighted by atomic mass is 16.2. The van der Waals surface area contributed by atoms with Crippen LogP contribution in [0.4, 0.5) is 0 Å². The number of amides is 5. The van der Waals surface area contributed by atoms with Crippen LogP contribution in [0.15, 0.2) is 31.2 Å². The Morgan fingerprint density at radius 3 is 2.27 bits per heavy atom. The minimum absolute atomic E-state index is 0.0980. The maximum absolute atomic E-state index is 14.3. The Bertz CT molecular complexity index is 1320. The molecule has 4 rings (SSSR count). The van der Waals surface area contributed by atoms with Gasteiger partial charge in [0.15, 0.2) is 0 Å². The number of carbonyl (C=O) groups excluding carboxylic acids is 6. The van der Waals surface area contributed by atoms with E-state index < -0.39 is 53.6 Å². The van der Waals surface area contributed by atoms with Gasteiger partial charge in [-0.25, -0.2) is 4.98 Å². The van der Waals surface area contributed by atoms with Crippen molar-refractivity contribution in [3.05, 3.63) is 36.9 Å². The highest BCUT2D eigenvalue weighted by molar-refractivity contribution is 6.38. The lowest BCUT2D eigenvalue weighted by Gasteiger charge is -2.33. The van der Waals surface area contributed by atoms with Crippen molar-refractivity contribution < 1.29 is 28.8 Å². The molecule has 2 aliphatic heterocycles. The molecule has 1 aromatic heterocycles. The molecule has 3 aliphatic rings. The summed E-state index contributed by atoms with van der Waals surface area (Å²) in [6.45, 7) is 5.90. The van der Waals surface area contributed by atoms with Crippen molar-refractivity contribution in [2.45, 2.75) is 127 Å². The minimum atomic E-state index is -1.01. The number of hydrogen-bond donors (Lipinski definition) is 4. The molecule has 1 aliphatic carbocycles. The van der Waals surface area contributed by atoms with E-state index in [0.29, 0.717) is 38.6 Å². The standard InChI is InChI=1S/C36H53N7O6/c1-3-19-39-35(48)31(44)26-16-12-7-5-4-6-8-13-17-27(36(49)43-22-18-24(2)30(43)34(47)40-26)41-33(46)29(25-14-10-9-11-15-25)42-32(45)28-23-37-20-21-38-28/h3,20-21,23-27,29-30H,1,4-19,22H2,2H3,(H,39,48)(H,40,47)(H,41,46)(H,42,45)/t24-,26-,27-,29-,30-/m0/s1. The van der Waals surface area contributed by atoms with E-state index >= 15 is 0 Å². The number of nitrogens with zero attached hydrogens (tertiary/aromatic N) is 3. The Hall–Kier alpha value is -4.16. The van der Waals surface area contributed by atoms with Crippen molar-refractivity contribution >= 4 is 35.3 Å². The molecule has 0 unspecified atom stereocenters. The second-order valence-electron chi connectivity index (χ2n) is 13.7. The van der Waals surface area contributed by atoms with Crippen LogP contribution in [0.3, 0.4) is 0 Å². The fraction of sp³-hybridized carbons (Fsp3) is 0.667. The van der Waals surface area contributed by atoms with E-state index in [4.69, 9.17) is 0 Å². The summed E-state index contributed by atoms with van der Waals surface area (Å²) >= 11 is 0. The monoisotopic (exact) mass is 679 g/mol. The van der Waals surface area contributed by atoms with Crippen molar-refractivity contribution in [2.75, 3.05) is 13.1 Å².